The molecule has 0 bridgehead atoms. The number of allylic oxidation sites excluding steroid dienone is 1. The zero-order valence-electron chi connectivity index (χ0n) is 15.9. The number of hydrogen-bond donors (Lipinski definition) is 4. The molecule has 2 aromatic carbocycles. The first-order chi connectivity index (χ1) is 13.2. The van der Waals surface area contributed by atoms with E-state index in [9.17, 15) is 0 Å². The molecule has 4 rings (SSSR count). The summed E-state index contributed by atoms with van der Waals surface area (Å²) in [6, 6.07) is 15.5. The Morgan fingerprint density at radius 3 is 2.48 bits per heavy atom. The maximum atomic E-state index is 4.07. The SMILES string of the molecule is CNCc1c[nH]c2cc(Cc3ccc(C)cc3)ccc12.SC1=CNCC=C1. The Morgan fingerprint density at radius 2 is 1.85 bits per heavy atom. The van der Waals surface area contributed by atoms with Crippen LogP contribution in [0.25, 0.3) is 10.9 Å². The van der Waals surface area contributed by atoms with Gasteiger partial charge in [0.15, 0.2) is 0 Å². The molecule has 1 aliphatic heterocycles. The van der Waals surface area contributed by atoms with Gasteiger partial charge < -0.3 is 15.6 Å². The van der Waals surface area contributed by atoms with E-state index in [0.717, 1.165) is 24.4 Å². The number of hydrogen-bond acceptors (Lipinski definition) is 3. The topological polar surface area (TPSA) is 39.9 Å². The summed E-state index contributed by atoms with van der Waals surface area (Å²) in [5, 5.41) is 7.52. The summed E-state index contributed by atoms with van der Waals surface area (Å²) in [5.41, 5.74) is 6.56. The molecule has 3 nitrogen and oxygen atoms in total. The molecule has 3 aromatic rings. The second-order valence-electron chi connectivity index (χ2n) is 6.77. The van der Waals surface area contributed by atoms with Crippen molar-refractivity contribution in [1.29, 1.82) is 0 Å². The summed E-state index contributed by atoms with van der Waals surface area (Å²) >= 11 is 4.07. The summed E-state index contributed by atoms with van der Waals surface area (Å²) < 4.78 is 0. The lowest BCUT2D eigenvalue weighted by atomic mass is 10.0. The Kier molecular flexibility index (Phi) is 6.80. The molecule has 0 radical (unpaired) electrons. The van der Waals surface area contributed by atoms with E-state index in [1.165, 1.54) is 33.2 Å². The van der Waals surface area contributed by atoms with Gasteiger partial charge in [0, 0.05) is 41.3 Å². The standard InChI is InChI=1S/C18H20N2.C5H7NS/c1-13-3-5-14(6-4-13)9-15-7-8-17-16(11-19-2)12-20-18(17)10-15;7-5-2-1-3-6-4-5/h3-8,10,12,19-20H,9,11H2,1-2H3;1-2,4,6-7H,3H2. The maximum Gasteiger partial charge on any atom is 0.0460 e. The Morgan fingerprint density at radius 1 is 1.07 bits per heavy atom. The van der Waals surface area contributed by atoms with Crippen molar-refractivity contribution in [3.8, 4) is 0 Å². The van der Waals surface area contributed by atoms with Gasteiger partial charge in [-0.15, -0.1) is 12.6 Å². The van der Waals surface area contributed by atoms with Gasteiger partial charge in [-0.05, 0) is 49.2 Å². The predicted molar refractivity (Wildman–Crippen MR) is 119 cm³/mol. The van der Waals surface area contributed by atoms with Crippen molar-refractivity contribution in [2.75, 3.05) is 13.6 Å². The number of aryl methyl sites for hydroxylation is 1. The van der Waals surface area contributed by atoms with Crippen molar-refractivity contribution in [1.82, 2.24) is 15.6 Å². The molecule has 1 aromatic heterocycles. The molecule has 27 heavy (non-hydrogen) atoms. The van der Waals surface area contributed by atoms with Crippen LogP contribution in [0.15, 0.2) is 71.9 Å². The number of rotatable bonds is 4. The largest absolute Gasteiger partial charge is 0.387 e. The van der Waals surface area contributed by atoms with Crippen LogP contribution in [0.5, 0.6) is 0 Å². The first-order valence-corrected chi connectivity index (χ1v) is 9.68. The number of thiol groups is 1. The molecule has 2 heterocycles. The Labute approximate surface area is 167 Å². The molecular weight excluding hydrogens is 350 g/mol. The Hall–Kier alpha value is -2.43. The van der Waals surface area contributed by atoms with Crippen LogP contribution in [0.4, 0.5) is 0 Å². The molecule has 3 N–H and O–H groups in total. The highest BCUT2D eigenvalue weighted by atomic mass is 32.1. The molecular formula is C23H27N3S. The maximum absolute atomic E-state index is 4.07. The van der Waals surface area contributed by atoms with Gasteiger partial charge >= 0.3 is 0 Å². The predicted octanol–water partition coefficient (Wildman–Crippen LogP) is 4.70. The van der Waals surface area contributed by atoms with Crippen LogP contribution in [0.3, 0.4) is 0 Å². The van der Waals surface area contributed by atoms with Gasteiger partial charge in [0.1, 0.15) is 0 Å². The molecule has 0 amide bonds. The van der Waals surface area contributed by atoms with Crippen LogP contribution in [0.1, 0.15) is 22.3 Å². The minimum Gasteiger partial charge on any atom is -0.387 e. The highest BCUT2D eigenvalue weighted by molar-refractivity contribution is 7.84. The van der Waals surface area contributed by atoms with E-state index in [4.69, 9.17) is 0 Å². The lowest BCUT2D eigenvalue weighted by Gasteiger charge is -2.04. The summed E-state index contributed by atoms with van der Waals surface area (Å²) in [6.45, 7) is 3.96. The summed E-state index contributed by atoms with van der Waals surface area (Å²) in [6.07, 6.45) is 8.96. The monoisotopic (exact) mass is 377 g/mol. The van der Waals surface area contributed by atoms with Gasteiger partial charge in [-0.2, -0.15) is 0 Å². The lowest BCUT2D eigenvalue weighted by Crippen LogP contribution is -2.06. The minimum absolute atomic E-state index is 0.900. The fourth-order valence-electron chi connectivity index (χ4n) is 3.08. The van der Waals surface area contributed by atoms with E-state index < -0.39 is 0 Å². The summed E-state index contributed by atoms with van der Waals surface area (Å²) in [4.78, 5) is 4.36. The third-order valence-corrected chi connectivity index (χ3v) is 4.78. The van der Waals surface area contributed by atoms with Crippen molar-refractivity contribution in [3.05, 3.63) is 94.2 Å². The average molecular weight is 378 g/mol. The fourth-order valence-corrected chi connectivity index (χ4v) is 3.28. The summed E-state index contributed by atoms with van der Waals surface area (Å²) in [7, 11) is 1.98. The number of nitrogens with one attached hydrogen (secondary N) is 3. The van der Waals surface area contributed by atoms with Gasteiger partial charge in [-0.1, -0.05) is 48.0 Å². The number of benzene rings is 2. The summed E-state index contributed by atoms with van der Waals surface area (Å²) in [5.74, 6) is 0. The van der Waals surface area contributed by atoms with E-state index in [1.54, 1.807) is 0 Å². The van der Waals surface area contributed by atoms with E-state index >= 15 is 0 Å². The van der Waals surface area contributed by atoms with Crippen LogP contribution in [-0.2, 0) is 13.0 Å². The van der Waals surface area contributed by atoms with Crippen LogP contribution < -0.4 is 10.6 Å². The molecule has 140 valence electrons. The van der Waals surface area contributed by atoms with Gasteiger partial charge in [0.25, 0.3) is 0 Å². The highest BCUT2D eigenvalue weighted by Crippen LogP contribution is 2.21. The molecule has 0 aliphatic carbocycles. The van der Waals surface area contributed by atoms with Crippen molar-refractivity contribution < 1.29 is 0 Å². The molecule has 4 heteroatoms. The van der Waals surface area contributed by atoms with Crippen molar-refractivity contribution >= 4 is 23.5 Å². The van der Waals surface area contributed by atoms with E-state index in [1.807, 2.05) is 25.4 Å². The van der Waals surface area contributed by atoms with Crippen LogP contribution in [0, 0.1) is 6.92 Å². The van der Waals surface area contributed by atoms with E-state index in [0.29, 0.717) is 0 Å². The second kappa shape index (κ2) is 9.49. The Bertz CT molecular complexity index is 936. The number of aromatic nitrogens is 1. The van der Waals surface area contributed by atoms with Crippen molar-refractivity contribution in [3.63, 3.8) is 0 Å². The molecule has 0 atom stereocenters. The minimum atomic E-state index is 0.900. The lowest BCUT2D eigenvalue weighted by molar-refractivity contribution is 0.823. The fraction of sp³-hybridized carbons (Fsp3) is 0.217. The third kappa shape index (κ3) is 5.52. The quantitative estimate of drug-likeness (QED) is 0.498. The van der Waals surface area contributed by atoms with Crippen LogP contribution in [-0.4, -0.2) is 18.6 Å². The third-order valence-electron chi connectivity index (χ3n) is 4.50. The van der Waals surface area contributed by atoms with E-state index in [-0.39, 0.29) is 0 Å². The van der Waals surface area contributed by atoms with Crippen LogP contribution in [0.2, 0.25) is 0 Å². The van der Waals surface area contributed by atoms with Crippen molar-refractivity contribution in [2.24, 2.45) is 0 Å². The number of fused-ring (bicyclic) bond motifs is 1. The normalized spacial score (nSPS) is 12.9. The van der Waals surface area contributed by atoms with Gasteiger partial charge in [-0.25, -0.2) is 0 Å². The zero-order valence-corrected chi connectivity index (χ0v) is 16.8. The number of aromatic amines is 1. The van der Waals surface area contributed by atoms with Gasteiger partial charge in [0.2, 0.25) is 0 Å². The average Bonchev–Trinajstić information content (AvgIpc) is 3.07. The van der Waals surface area contributed by atoms with Crippen LogP contribution >= 0.6 is 12.6 Å². The smallest absolute Gasteiger partial charge is 0.0460 e. The molecule has 0 spiro atoms. The molecule has 1 aliphatic rings. The highest BCUT2D eigenvalue weighted by Gasteiger charge is 2.04. The Balaban J connectivity index is 0.000000253. The number of H-pyrrole nitrogens is 1. The molecule has 0 unspecified atom stereocenters. The molecule has 0 saturated carbocycles. The number of dihydropyridines is 1. The first-order valence-electron chi connectivity index (χ1n) is 9.24. The van der Waals surface area contributed by atoms with Gasteiger partial charge in [-0.3, -0.25) is 0 Å². The van der Waals surface area contributed by atoms with E-state index in [2.05, 4.69) is 83.8 Å². The van der Waals surface area contributed by atoms with Gasteiger partial charge in [0.05, 0.1) is 0 Å². The molecule has 0 fully saturated rings. The van der Waals surface area contributed by atoms with Crippen molar-refractivity contribution in [2.45, 2.75) is 19.9 Å². The first kappa shape index (κ1) is 19.3. The second-order valence-corrected chi connectivity index (χ2v) is 7.28. The zero-order chi connectivity index (χ0) is 19.1. The molecule has 0 saturated heterocycles.